The number of halogens is 1. The van der Waals surface area contributed by atoms with Gasteiger partial charge in [0, 0.05) is 26.3 Å². The molecule has 0 bridgehead atoms. The van der Waals surface area contributed by atoms with Crippen LogP contribution in [0.5, 0.6) is 0 Å². The van der Waals surface area contributed by atoms with Crippen molar-refractivity contribution in [3.05, 3.63) is 77.0 Å². The standard InChI is InChI=1S/C22H22FN3OS/c1-4-26-21(27)20(28-22(26)24-18-12-10-17(23)11-13-18)7-5-6-16-8-14-19(15-9-16)25(2)3/h5-15H,4H2,1-3H3/b6-5+,20-7+,24-22?. The molecule has 2 aromatic rings. The van der Waals surface area contributed by atoms with Crippen LogP contribution in [-0.4, -0.2) is 36.6 Å². The number of anilines is 1. The Balaban J connectivity index is 1.76. The molecule has 1 saturated heterocycles. The van der Waals surface area contributed by atoms with Crippen LogP contribution in [0.1, 0.15) is 12.5 Å². The Morgan fingerprint density at radius 3 is 2.39 bits per heavy atom. The zero-order valence-electron chi connectivity index (χ0n) is 16.1. The Morgan fingerprint density at radius 1 is 1.11 bits per heavy atom. The van der Waals surface area contributed by atoms with E-state index in [1.807, 2.05) is 56.3 Å². The number of rotatable bonds is 5. The molecule has 0 radical (unpaired) electrons. The lowest BCUT2D eigenvalue weighted by Gasteiger charge is -2.11. The second kappa shape index (κ2) is 8.89. The van der Waals surface area contributed by atoms with Gasteiger partial charge in [0.05, 0.1) is 10.6 Å². The van der Waals surface area contributed by atoms with Crippen LogP contribution in [0, 0.1) is 5.82 Å². The number of likely N-dealkylation sites (N-methyl/N-ethyl adjacent to an activating group) is 1. The number of amides is 1. The molecule has 1 aliphatic rings. The Hall–Kier alpha value is -2.86. The van der Waals surface area contributed by atoms with E-state index in [9.17, 15) is 9.18 Å². The second-order valence-corrected chi connectivity index (χ2v) is 7.41. The fourth-order valence-electron chi connectivity index (χ4n) is 2.64. The van der Waals surface area contributed by atoms with Crippen molar-refractivity contribution in [3.63, 3.8) is 0 Å². The first kappa shape index (κ1) is 19.9. The molecule has 144 valence electrons. The molecule has 1 aliphatic heterocycles. The maximum atomic E-state index is 13.1. The molecule has 6 heteroatoms. The highest BCUT2D eigenvalue weighted by Crippen LogP contribution is 2.32. The average Bonchev–Trinajstić information content (AvgIpc) is 2.98. The van der Waals surface area contributed by atoms with Crippen molar-refractivity contribution < 1.29 is 9.18 Å². The third-order valence-electron chi connectivity index (χ3n) is 4.20. The van der Waals surface area contributed by atoms with Crippen LogP contribution in [0.3, 0.4) is 0 Å². The summed E-state index contributed by atoms with van der Waals surface area (Å²) in [6.07, 6.45) is 5.65. The lowest BCUT2D eigenvalue weighted by Crippen LogP contribution is -2.28. The Morgan fingerprint density at radius 2 is 1.79 bits per heavy atom. The Bertz CT molecular complexity index is 931. The van der Waals surface area contributed by atoms with E-state index in [2.05, 4.69) is 17.1 Å². The van der Waals surface area contributed by atoms with Gasteiger partial charge in [0.1, 0.15) is 5.82 Å². The highest BCUT2D eigenvalue weighted by atomic mass is 32.2. The first-order valence-electron chi connectivity index (χ1n) is 8.97. The summed E-state index contributed by atoms with van der Waals surface area (Å²) in [6.45, 7) is 2.43. The average molecular weight is 396 g/mol. The lowest BCUT2D eigenvalue weighted by molar-refractivity contribution is -0.122. The normalized spacial score (nSPS) is 17.3. The summed E-state index contributed by atoms with van der Waals surface area (Å²) in [5.41, 5.74) is 2.82. The number of nitrogens with zero attached hydrogens (tertiary/aromatic N) is 3. The van der Waals surface area contributed by atoms with Crippen molar-refractivity contribution >= 4 is 40.3 Å². The van der Waals surface area contributed by atoms with Gasteiger partial charge >= 0.3 is 0 Å². The van der Waals surface area contributed by atoms with Gasteiger partial charge in [-0.05, 0) is 66.7 Å². The number of carbonyl (C=O) groups excluding carboxylic acids is 1. The van der Waals surface area contributed by atoms with Crippen LogP contribution in [0.4, 0.5) is 15.8 Å². The summed E-state index contributed by atoms with van der Waals surface area (Å²) in [4.78, 5) is 21.4. The van der Waals surface area contributed by atoms with Gasteiger partial charge in [-0.15, -0.1) is 0 Å². The largest absolute Gasteiger partial charge is 0.378 e. The van der Waals surface area contributed by atoms with Gasteiger partial charge in [-0.3, -0.25) is 9.69 Å². The number of hydrogen-bond acceptors (Lipinski definition) is 4. The fourth-order valence-corrected chi connectivity index (χ4v) is 3.65. The van der Waals surface area contributed by atoms with Crippen LogP contribution in [0.2, 0.25) is 0 Å². The van der Waals surface area contributed by atoms with E-state index in [0.29, 0.717) is 22.3 Å². The molecule has 0 spiro atoms. The SMILES string of the molecule is CCN1C(=O)/C(=C\C=C\c2ccc(N(C)C)cc2)SC1=Nc1ccc(F)cc1. The van der Waals surface area contributed by atoms with Gasteiger partial charge in [-0.2, -0.15) is 0 Å². The Kier molecular flexibility index (Phi) is 6.31. The maximum Gasteiger partial charge on any atom is 0.266 e. The molecule has 0 aromatic heterocycles. The predicted molar refractivity (Wildman–Crippen MR) is 116 cm³/mol. The summed E-state index contributed by atoms with van der Waals surface area (Å²) >= 11 is 1.33. The highest BCUT2D eigenvalue weighted by molar-refractivity contribution is 8.18. The quantitative estimate of drug-likeness (QED) is 0.663. The van der Waals surface area contributed by atoms with E-state index in [1.54, 1.807) is 17.0 Å². The summed E-state index contributed by atoms with van der Waals surface area (Å²) in [5.74, 6) is -0.378. The minimum atomic E-state index is -0.309. The van der Waals surface area contributed by atoms with E-state index in [-0.39, 0.29) is 11.7 Å². The summed E-state index contributed by atoms with van der Waals surface area (Å²) < 4.78 is 13.1. The number of benzene rings is 2. The predicted octanol–water partition coefficient (Wildman–Crippen LogP) is 5.07. The summed E-state index contributed by atoms with van der Waals surface area (Å²) in [6, 6.07) is 14.1. The molecule has 1 amide bonds. The molecule has 1 fully saturated rings. The zero-order valence-corrected chi connectivity index (χ0v) is 16.9. The number of aliphatic imine (C=N–C) groups is 1. The number of hydrogen-bond donors (Lipinski definition) is 0. The molecule has 0 aliphatic carbocycles. The van der Waals surface area contributed by atoms with Gasteiger partial charge < -0.3 is 4.90 Å². The number of thioether (sulfide) groups is 1. The van der Waals surface area contributed by atoms with Crippen LogP contribution in [0.25, 0.3) is 6.08 Å². The minimum absolute atomic E-state index is 0.0685. The van der Waals surface area contributed by atoms with Crippen LogP contribution in [-0.2, 0) is 4.79 Å². The minimum Gasteiger partial charge on any atom is -0.378 e. The second-order valence-electron chi connectivity index (χ2n) is 6.40. The number of carbonyl (C=O) groups is 1. The first-order valence-corrected chi connectivity index (χ1v) is 9.79. The maximum absolute atomic E-state index is 13.1. The topological polar surface area (TPSA) is 35.9 Å². The lowest BCUT2D eigenvalue weighted by atomic mass is 10.2. The van der Waals surface area contributed by atoms with Crippen molar-refractivity contribution in [1.29, 1.82) is 0 Å². The van der Waals surface area contributed by atoms with Gasteiger partial charge in [-0.25, -0.2) is 9.38 Å². The smallest absolute Gasteiger partial charge is 0.266 e. The Labute approximate surface area is 169 Å². The third kappa shape index (κ3) is 4.70. The molecule has 4 nitrogen and oxygen atoms in total. The summed E-state index contributed by atoms with van der Waals surface area (Å²) in [5, 5.41) is 0.606. The van der Waals surface area contributed by atoms with E-state index in [0.717, 1.165) is 11.3 Å². The molecule has 2 aromatic carbocycles. The van der Waals surface area contributed by atoms with Crippen LogP contribution >= 0.6 is 11.8 Å². The van der Waals surface area contributed by atoms with Gasteiger partial charge in [-0.1, -0.05) is 24.3 Å². The highest BCUT2D eigenvalue weighted by Gasteiger charge is 2.31. The number of allylic oxidation sites excluding steroid dienone is 2. The zero-order chi connectivity index (χ0) is 20.1. The monoisotopic (exact) mass is 395 g/mol. The van der Waals surface area contributed by atoms with Crippen molar-refractivity contribution in [3.8, 4) is 0 Å². The number of amidine groups is 1. The van der Waals surface area contributed by atoms with Crippen molar-refractivity contribution in [2.75, 3.05) is 25.5 Å². The molecule has 0 atom stereocenters. The van der Waals surface area contributed by atoms with Crippen molar-refractivity contribution in [1.82, 2.24) is 4.90 Å². The van der Waals surface area contributed by atoms with E-state index < -0.39 is 0 Å². The van der Waals surface area contributed by atoms with Gasteiger partial charge in [0.2, 0.25) is 0 Å². The molecular formula is C22H22FN3OS. The fraction of sp³-hybridized carbons (Fsp3) is 0.182. The molecule has 28 heavy (non-hydrogen) atoms. The molecular weight excluding hydrogens is 373 g/mol. The molecule has 1 heterocycles. The van der Waals surface area contributed by atoms with E-state index >= 15 is 0 Å². The van der Waals surface area contributed by atoms with Gasteiger partial charge in [0.25, 0.3) is 5.91 Å². The molecule has 0 saturated carbocycles. The van der Waals surface area contributed by atoms with Crippen LogP contribution < -0.4 is 4.90 Å². The van der Waals surface area contributed by atoms with E-state index in [4.69, 9.17) is 0 Å². The first-order chi connectivity index (χ1) is 13.5. The third-order valence-corrected chi connectivity index (χ3v) is 5.23. The molecule has 3 rings (SSSR count). The van der Waals surface area contributed by atoms with Crippen LogP contribution in [0.15, 0.2) is 70.6 Å². The van der Waals surface area contributed by atoms with E-state index in [1.165, 1.54) is 23.9 Å². The molecule has 0 N–H and O–H groups in total. The van der Waals surface area contributed by atoms with Crippen molar-refractivity contribution in [2.24, 2.45) is 4.99 Å². The summed E-state index contributed by atoms with van der Waals surface area (Å²) in [7, 11) is 4.01. The van der Waals surface area contributed by atoms with Crippen molar-refractivity contribution in [2.45, 2.75) is 6.92 Å². The molecule has 0 unspecified atom stereocenters. The van der Waals surface area contributed by atoms with Gasteiger partial charge in [0.15, 0.2) is 5.17 Å².